The molecule has 2 rings (SSSR count). The number of halogens is 1. The maximum atomic E-state index is 5.85. The minimum Gasteiger partial charge on any atom is -0.497 e. The number of hydrogen-bond donors (Lipinski definition) is 0. The molecule has 0 saturated carbocycles. The topological polar surface area (TPSA) is 34.5 Å². The highest BCUT2D eigenvalue weighted by molar-refractivity contribution is 7.66. The molecule has 2 aromatic rings. The fourth-order valence-corrected chi connectivity index (χ4v) is 3.01. The van der Waals surface area contributed by atoms with Gasteiger partial charge in [0.05, 0.1) is 12.8 Å². The van der Waals surface area contributed by atoms with Crippen molar-refractivity contribution in [2.45, 2.75) is 0 Å². The van der Waals surface area contributed by atoms with E-state index in [1.807, 2.05) is 24.3 Å². The number of rotatable bonds is 2. The Morgan fingerprint density at radius 1 is 1.47 bits per heavy atom. The second kappa shape index (κ2) is 4.74. The van der Waals surface area contributed by atoms with Crippen LogP contribution in [0.4, 0.5) is 5.69 Å². The second-order valence-electron chi connectivity index (χ2n) is 2.66. The Hall–Kier alpha value is -0.910. The Kier molecular flexibility index (Phi) is 3.35. The lowest BCUT2D eigenvalue weighted by atomic mass is 10.3. The molecule has 1 aromatic heterocycles. The van der Waals surface area contributed by atoms with Crippen LogP contribution in [0.1, 0.15) is 0 Å². The molecule has 0 aliphatic heterocycles. The fraction of sp³-hybridized carbons (Fsp3) is 0.111. The molecule has 0 saturated heterocycles. The molecule has 3 nitrogen and oxygen atoms in total. The van der Waals surface area contributed by atoms with Gasteiger partial charge in [0.15, 0.2) is 9.82 Å². The number of nitrogens with zero attached hydrogens (tertiary/aromatic N) is 2. The van der Waals surface area contributed by atoms with E-state index in [1.165, 1.54) is 20.9 Å². The van der Waals surface area contributed by atoms with Gasteiger partial charge in [0.2, 0.25) is 0 Å². The zero-order valence-electron chi connectivity index (χ0n) is 7.81. The summed E-state index contributed by atoms with van der Waals surface area (Å²) in [6.45, 7) is 0. The Morgan fingerprint density at radius 3 is 3.00 bits per heavy atom. The highest BCUT2D eigenvalue weighted by atomic mass is 35.5. The lowest BCUT2D eigenvalue weighted by Crippen LogP contribution is -1.92. The van der Waals surface area contributed by atoms with Crippen LogP contribution in [0.15, 0.2) is 29.3 Å². The summed E-state index contributed by atoms with van der Waals surface area (Å²) in [6, 6.07) is 7.50. The number of benzene rings is 1. The van der Waals surface area contributed by atoms with E-state index in [9.17, 15) is 0 Å². The summed E-state index contributed by atoms with van der Waals surface area (Å²) in [5.41, 5.74) is 0.813. The summed E-state index contributed by atoms with van der Waals surface area (Å²) in [5.74, 6) is 0.778. The van der Waals surface area contributed by atoms with Crippen LogP contribution in [-0.4, -0.2) is 11.5 Å². The molecule has 0 spiro atoms. The molecule has 0 fully saturated rings. The molecule has 0 aliphatic carbocycles. The monoisotopic (exact) mass is 258 g/mol. The van der Waals surface area contributed by atoms with Crippen LogP contribution in [0.2, 0.25) is 5.15 Å². The normalized spacial score (nSPS) is 11.7. The van der Waals surface area contributed by atoms with E-state index in [-0.39, 0.29) is 0 Å². The summed E-state index contributed by atoms with van der Waals surface area (Å²) >= 11 is 5.85. The average Bonchev–Trinajstić information content (AvgIpc) is 2.65. The first-order valence-electron chi connectivity index (χ1n) is 4.10. The van der Waals surface area contributed by atoms with Gasteiger partial charge in [-0.2, -0.15) is 4.37 Å². The molecule has 78 valence electrons. The highest BCUT2D eigenvalue weighted by Crippen LogP contribution is 2.19. The summed E-state index contributed by atoms with van der Waals surface area (Å²) in [6.07, 6.45) is 0. The number of ether oxygens (including phenoxy) is 1. The van der Waals surface area contributed by atoms with Gasteiger partial charge < -0.3 is 4.74 Å². The Labute approximate surface area is 99.2 Å². The lowest BCUT2D eigenvalue weighted by molar-refractivity contribution is 0.415. The van der Waals surface area contributed by atoms with E-state index in [1.54, 1.807) is 7.11 Å². The first-order valence-corrected chi connectivity index (χ1v) is 6.58. The molecule has 0 unspecified atom stereocenters. The summed E-state index contributed by atoms with van der Waals surface area (Å²) in [4.78, 5) is 4.36. The van der Waals surface area contributed by atoms with Crippen molar-refractivity contribution in [3.05, 3.63) is 34.1 Å². The van der Waals surface area contributed by atoms with Gasteiger partial charge in [0.1, 0.15) is 5.75 Å². The van der Waals surface area contributed by atoms with Crippen LogP contribution >= 0.6 is 32.5 Å². The summed E-state index contributed by atoms with van der Waals surface area (Å²) in [7, 11) is 4.40. The van der Waals surface area contributed by atoms with Gasteiger partial charge in [-0.1, -0.05) is 17.7 Å². The van der Waals surface area contributed by atoms with Crippen LogP contribution in [0, 0.1) is 0 Å². The predicted molar refractivity (Wildman–Crippen MR) is 63.2 cm³/mol. The molecule has 15 heavy (non-hydrogen) atoms. The Bertz CT molecular complexity index is 521. The second-order valence-corrected chi connectivity index (χ2v) is 4.85. The van der Waals surface area contributed by atoms with Crippen molar-refractivity contribution in [2.75, 3.05) is 7.11 Å². The number of methoxy groups -OCH3 is 1. The Balaban J connectivity index is 2.44. The zero-order chi connectivity index (χ0) is 10.7. The molecule has 0 N–H and O–H groups in total. The van der Waals surface area contributed by atoms with E-state index in [2.05, 4.69) is 9.37 Å². The molecule has 1 aromatic carbocycles. The number of aromatic nitrogens is 1. The van der Waals surface area contributed by atoms with Crippen LogP contribution < -0.4 is 9.41 Å². The summed E-state index contributed by atoms with van der Waals surface area (Å²) < 4.78 is 9.79. The lowest BCUT2D eigenvalue weighted by Gasteiger charge is -1.98. The van der Waals surface area contributed by atoms with Gasteiger partial charge >= 0.3 is 0 Å². The van der Waals surface area contributed by atoms with Crippen molar-refractivity contribution < 1.29 is 4.74 Å². The van der Waals surface area contributed by atoms with Crippen molar-refractivity contribution >= 4 is 38.2 Å². The Morgan fingerprint density at radius 2 is 2.33 bits per heavy atom. The standard InChI is InChI=1S/C9H7ClN2OS2/c1-13-7-4-2-3-6(5-7)11-9-8(10)12-15-14-9/h2-5H,1H3/b11-9+. The third-order valence-electron chi connectivity index (χ3n) is 1.69. The van der Waals surface area contributed by atoms with E-state index in [4.69, 9.17) is 16.3 Å². The third-order valence-corrected chi connectivity index (χ3v) is 3.86. The van der Waals surface area contributed by atoms with Crippen molar-refractivity contribution in [1.29, 1.82) is 0 Å². The van der Waals surface area contributed by atoms with Gasteiger partial charge in [-0.05, 0) is 22.5 Å². The maximum absolute atomic E-state index is 5.85. The van der Waals surface area contributed by atoms with Crippen molar-refractivity contribution in [2.24, 2.45) is 4.99 Å². The smallest absolute Gasteiger partial charge is 0.179 e. The average molecular weight is 259 g/mol. The minimum absolute atomic E-state index is 0.452. The van der Waals surface area contributed by atoms with Crippen LogP contribution in [0.5, 0.6) is 5.75 Å². The maximum Gasteiger partial charge on any atom is 0.179 e. The molecule has 0 bridgehead atoms. The van der Waals surface area contributed by atoms with Gasteiger partial charge in [0, 0.05) is 16.6 Å². The molecular formula is C9H7ClN2OS2. The fourth-order valence-electron chi connectivity index (χ4n) is 1.02. The van der Waals surface area contributed by atoms with E-state index in [0.29, 0.717) is 5.15 Å². The molecule has 0 amide bonds. The third kappa shape index (κ3) is 2.56. The van der Waals surface area contributed by atoms with Crippen LogP contribution in [-0.2, 0) is 0 Å². The SMILES string of the molecule is COc1cccc(/N=c2/ssnc2Cl)c1. The van der Waals surface area contributed by atoms with Crippen molar-refractivity contribution in [3.63, 3.8) is 0 Å². The first-order chi connectivity index (χ1) is 7.29. The van der Waals surface area contributed by atoms with E-state index in [0.717, 1.165) is 16.1 Å². The zero-order valence-corrected chi connectivity index (χ0v) is 10.2. The van der Waals surface area contributed by atoms with Gasteiger partial charge in [0.25, 0.3) is 0 Å². The van der Waals surface area contributed by atoms with Gasteiger partial charge in [-0.3, -0.25) is 0 Å². The minimum atomic E-state index is 0.452. The highest BCUT2D eigenvalue weighted by Gasteiger charge is 1.98. The first kappa shape index (κ1) is 10.6. The van der Waals surface area contributed by atoms with E-state index >= 15 is 0 Å². The van der Waals surface area contributed by atoms with Crippen LogP contribution in [0.25, 0.3) is 0 Å². The quantitative estimate of drug-likeness (QED) is 0.776. The number of hydrogen-bond acceptors (Lipinski definition) is 5. The molecule has 1 heterocycles. The van der Waals surface area contributed by atoms with Crippen molar-refractivity contribution in [3.8, 4) is 5.75 Å². The van der Waals surface area contributed by atoms with Gasteiger partial charge in [-0.25, -0.2) is 4.99 Å². The molecule has 6 heteroatoms. The molecule has 0 atom stereocenters. The molecule has 0 aliphatic rings. The van der Waals surface area contributed by atoms with Crippen molar-refractivity contribution in [1.82, 2.24) is 4.37 Å². The van der Waals surface area contributed by atoms with Crippen LogP contribution in [0.3, 0.4) is 0 Å². The predicted octanol–water partition coefficient (Wildman–Crippen LogP) is 3.10. The van der Waals surface area contributed by atoms with Gasteiger partial charge in [-0.15, -0.1) is 0 Å². The summed E-state index contributed by atoms with van der Waals surface area (Å²) in [5, 5.41) is 0.452. The van der Waals surface area contributed by atoms with E-state index < -0.39 is 0 Å². The largest absolute Gasteiger partial charge is 0.497 e. The molecular weight excluding hydrogens is 252 g/mol. The molecule has 0 radical (unpaired) electrons.